The SMILES string of the molecule is CC[Si](CC)(CC)CCSCCS. The van der Waals surface area contributed by atoms with Gasteiger partial charge in [0.15, 0.2) is 0 Å². The molecule has 0 aliphatic carbocycles. The van der Waals surface area contributed by atoms with Crippen molar-refractivity contribution in [3.63, 3.8) is 0 Å². The standard InChI is InChI=1S/C10H24S2Si/c1-4-13(5-2,6-3)10-9-12-8-7-11/h11H,4-10H2,1-3H3. The molecule has 0 amide bonds. The third-order valence-electron chi connectivity index (χ3n) is 3.26. The summed E-state index contributed by atoms with van der Waals surface area (Å²) in [6.45, 7) is 7.17. The average Bonchev–Trinajstić information content (AvgIpc) is 2.20. The molecule has 0 saturated carbocycles. The van der Waals surface area contributed by atoms with E-state index >= 15 is 0 Å². The molecule has 0 spiro atoms. The minimum absolute atomic E-state index is 0.813. The fraction of sp³-hybridized carbons (Fsp3) is 1.00. The van der Waals surface area contributed by atoms with Gasteiger partial charge in [-0.1, -0.05) is 38.9 Å². The zero-order valence-corrected chi connectivity index (χ0v) is 12.0. The van der Waals surface area contributed by atoms with E-state index in [-0.39, 0.29) is 0 Å². The maximum atomic E-state index is 4.23. The maximum absolute atomic E-state index is 4.23. The van der Waals surface area contributed by atoms with E-state index in [1.165, 1.54) is 35.7 Å². The van der Waals surface area contributed by atoms with E-state index in [0.29, 0.717) is 0 Å². The van der Waals surface area contributed by atoms with E-state index in [2.05, 4.69) is 45.2 Å². The Labute approximate surface area is 94.7 Å². The van der Waals surface area contributed by atoms with Gasteiger partial charge in [0.25, 0.3) is 0 Å². The lowest BCUT2D eigenvalue weighted by atomic mass is 10.9. The first-order valence-corrected chi connectivity index (χ1v) is 10.0. The molecule has 0 nitrogen and oxygen atoms in total. The van der Waals surface area contributed by atoms with Crippen molar-refractivity contribution in [2.45, 2.75) is 44.9 Å². The van der Waals surface area contributed by atoms with Crippen molar-refractivity contribution in [1.29, 1.82) is 0 Å². The Morgan fingerprint density at radius 1 is 1.00 bits per heavy atom. The third-order valence-corrected chi connectivity index (χ3v) is 10.9. The highest BCUT2D eigenvalue weighted by molar-refractivity contribution is 8.00. The zero-order valence-electron chi connectivity index (χ0n) is 9.31. The van der Waals surface area contributed by atoms with Crippen LogP contribution in [0.2, 0.25) is 24.2 Å². The van der Waals surface area contributed by atoms with Gasteiger partial charge in [-0.15, -0.1) is 0 Å². The van der Waals surface area contributed by atoms with E-state index < -0.39 is 8.07 Å². The van der Waals surface area contributed by atoms with Crippen LogP contribution in [0.4, 0.5) is 0 Å². The minimum Gasteiger partial charge on any atom is -0.179 e. The van der Waals surface area contributed by atoms with Gasteiger partial charge in [0.2, 0.25) is 0 Å². The lowest BCUT2D eigenvalue weighted by molar-refractivity contribution is 1.12. The zero-order chi connectivity index (χ0) is 10.2. The summed E-state index contributed by atoms with van der Waals surface area (Å²) in [7, 11) is -0.813. The molecule has 0 saturated heterocycles. The van der Waals surface area contributed by atoms with Gasteiger partial charge in [0, 0.05) is 5.75 Å². The smallest absolute Gasteiger partial charge is 0.0535 e. The summed E-state index contributed by atoms with van der Waals surface area (Å²) in [5.74, 6) is 3.64. The van der Waals surface area contributed by atoms with Crippen molar-refractivity contribution >= 4 is 32.5 Å². The van der Waals surface area contributed by atoms with Crippen LogP contribution in [0.25, 0.3) is 0 Å². The lowest BCUT2D eigenvalue weighted by Gasteiger charge is -2.27. The first-order valence-electron chi connectivity index (χ1n) is 5.43. The van der Waals surface area contributed by atoms with Gasteiger partial charge >= 0.3 is 0 Å². The second kappa shape index (κ2) is 8.24. The second-order valence-electron chi connectivity index (χ2n) is 3.65. The number of hydrogen-bond donors (Lipinski definition) is 1. The number of thioether (sulfide) groups is 1. The molecule has 0 aliphatic rings. The van der Waals surface area contributed by atoms with E-state index in [4.69, 9.17) is 0 Å². The monoisotopic (exact) mass is 236 g/mol. The normalized spacial score (nSPS) is 12.0. The van der Waals surface area contributed by atoms with Crippen molar-refractivity contribution in [2.75, 3.05) is 17.3 Å². The van der Waals surface area contributed by atoms with Crippen molar-refractivity contribution in [1.82, 2.24) is 0 Å². The van der Waals surface area contributed by atoms with Crippen molar-refractivity contribution in [2.24, 2.45) is 0 Å². The van der Waals surface area contributed by atoms with Crippen LogP contribution < -0.4 is 0 Å². The molecular formula is C10H24S2Si. The summed E-state index contributed by atoms with van der Waals surface area (Å²) in [6.07, 6.45) is 0. The summed E-state index contributed by atoms with van der Waals surface area (Å²) in [6, 6.07) is 5.94. The minimum atomic E-state index is -0.813. The fourth-order valence-corrected chi connectivity index (χ4v) is 7.33. The van der Waals surface area contributed by atoms with Crippen LogP contribution in [-0.4, -0.2) is 25.3 Å². The largest absolute Gasteiger partial charge is 0.179 e. The molecule has 0 aromatic rings. The molecule has 80 valence electrons. The van der Waals surface area contributed by atoms with Crippen LogP contribution in [0.15, 0.2) is 0 Å². The van der Waals surface area contributed by atoms with E-state index in [9.17, 15) is 0 Å². The number of hydrogen-bond acceptors (Lipinski definition) is 2. The molecule has 0 N–H and O–H groups in total. The van der Waals surface area contributed by atoms with Crippen LogP contribution in [0, 0.1) is 0 Å². The van der Waals surface area contributed by atoms with Gasteiger partial charge in [-0.05, 0) is 17.5 Å². The molecule has 0 rings (SSSR count). The molecule has 0 unspecified atom stereocenters. The number of thiol groups is 1. The van der Waals surface area contributed by atoms with Gasteiger partial charge in [0.05, 0.1) is 8.07 Å². The summed E-state index contributed by atoms with van der Waals surface area (Å²) in [4.78, 5) is 0. The van der Waals surface area contributed by atoms with Crippen LogP contribution in [0.5, 0.6) is 0 Å². The first-order chi connectivity index (χ1) is 6.24. The van der Waals surface area contributed by atoms with Gasteiger partial charge in [-0.2, -0.15) is 24.4 Å². The van der Waals surface area contributed by atoms with Gasteiger partial charge in [-0.3, -0.25) is 0 Å². The molecule has 0 bridgehead atoms. The predicted octanol–water partition coefficient (Wildman–Crippen LogP) is 4.16. The summed E-state index contributed by atoms with van der Waals surface area (Å²) in [5.41, 5.74) is 0. The second-order valence-corrected chi connectivity index (χ2v) is 10.9. The van der Waals surface area contributed by atoms with Gasteiger partial charge < -0.3 is 0 Å². The third kappa shape index (κ3) is 5.38. The molecule has 0 atom stereocenters. The van der Waals surface area contributed by atoms with Crippen molar-refractivity contribution in [3.05, 3.63) is 0 Å². The summed E-state index contributed by atoms with van der Waals surface area (Å²) < 4.78 is 0. The highest BCUT2D eigenvalue weighted by Gasteiger charge is 2.25. The highest BCUT2D eigenvalue weighted by atomic mass is 32.2. The Morgan fingerprint density at radius 3 is 1.92 bits per heavy atom. The fourth-order valence-electron chi connectivity index (χ4n) is 1.74. The lowest BCUT2D eigenvalue weighted by Crippen LogP contribution is -2.31. The first kappa shape index (κ1) is 13.9. The van der Waals surface area contributed by atoms with Crippen LogP contribution in [0.1, 0.15) is 20.8 Å². The summed E-state index contributed by atoms with van der Waals surface area (Å²) in [5, 5.41) is 0. The highest BCUT2D eigenvalue weighted by Crippen LogP contribution is 2.26. The molecule has 0 aromatic carbocycles. The topological polar surface area (TPSA) is 0 Å². The molecule has 13 heavy (non-hydrogen) atoms. The molecule has 0 aromatic heterocycles. The van der Waals surface area contributed by atoms with Gasteiger partial charge in [0.1, 0.15) is 0 Å². The average molecular weight is 237 g/mol. The van der Waals surface area contributed by atoms with E-state index in [1.807, 2.05) is 0 Å². The molecule has 3 heteroatoms. The molecule has 0 radical (unpaired) electrons. The maximum Gasteiger partial charge on any atom is 0.0535 e. The van der Waals surface area contributed by atoms with E-state index in [1.54, 1.807) is 0 Å². The Morgan fingerprint density at radius 2 is 1.54 bits per heavy atom. The Hall–Kier alpha value is 0.917. The Balaban J connectivity index is 3.68. The molecule has 0 heterocycles. The Bertz CT molecular complexity index is 105. The van der Waals surface area contributed by atoms with Crippen LogP contribution >= 0.6 is 24.4 Å². The van der Waals surface area contributed by atoms with Crippen molar-refractivity contribution in [3.8, 4) is 0 Å². The summed E-state index contributed by atoms with van der Waals surface area (Å²) >= 11 is 6.31. The van der Waals surface area contributed by atoms with E-state index in [0.717, 1.165) is 5.75 Å². The molecule has 0 fully saturated rings. The quantitative estimate of drug-likeness (QED) is 0.375. The predicted molar refractivity (Wildman–Crippen MR) is 73.2 cm³/mol. The Kier molecular flexibility index (Phi) is 8.83. The van der Waals surface area contributed by atoms with Gasteiger partial charge in [-0.25, -0.2) is 0 Å². The molecular weight excluding hydrogens is 212 g/mol. The van der Waals surface area contributed by atoms with Crippen LogP contribution in [0.3, 0.4) is 0 Å². The molecule has 0 aliphatic heterocycles. The van der Waals surface area contributed by atoms with Crippen LogP contribution in [-0.2, 0) is 0 Å². The number of rotatable bonds is 8. The van der Waals surface area contributed by atoms with Crippen molar-refractivity contribution < 1.29 is 0 Å².